The number of carbonyl (C=O) groups is 2. The first-order chi connectivity index (χ1) is 12.6. The Morgan fingerprint density at radius 3 is 2.54 bits per heavy atom. The van der Waals surface area contributed by atoms with Crippen molar-refractivity contribution in [1.29, 1.82) is 0 Å². The smallest absolute Gasteiger partial charge is 0.258 e. The van der Waals surface area contributed by atoms with Gasteiger partial charge in [0.05, 0.1) is 22.6 Å². The van der Waals surface area contributed by atoms with Crippen molar-refractivity contribution in [1.82, 2.24) is 4.90 Å². The summed E-state index contributed by atoms with van der Waals surface area (Å²) in [6.07, 6.45) is 2.00. The van der Waals surface area contributed by atoms with Crippen molar-refractivity contribution in [3.8, 4) is 0 Å². The molecule has 0 radical (unpaired) electrons. The van der Waals surface area contributed by atoms with E-state index in [1.54, 1.807) is 11.0 Å². The molecule has 0 saturated heterocycles. The fourth-order valence-electron chi connectivity index (χ4n) is 3.70. The molecule has 2 heterocycles. The predicted octanol–water partition coefficient (Wildman–Crippen LogP) is 3.42. The zero-order chi connectivity index (χ0) is 18.3. The largest absolute Gasteiger partial charge is 0.320 e. The molecule has 0 aromatic heterocycles. The Balaban J connectivity index is 1.88. The highest BCUT2D eigenvalue weighted by Gasteiger charge is 2.33. The molecule has 2 amide bonds. The molecule has 5 heteroatoms. The van der Waals surface area contributed by atoms with Gasteiger partial charge in [-0.05, 0) is 37.2 Å². The third-order valence-electron chi connectivity index (χ3n) is 4.97. The number of fused-ring (bicyclic) bond motifs is 2. The lowest BCUT2D eigenvalue weighted by molar-refractivity contribution is -0.115. The number of rotatable bonds is 1. The van der Waals surface area contributed by atoms with Gasteiger partial charge in [0.2, 0.25) is 0 Å². The number of anilines is 3. The summed E-state index contributed by atoms with van der Waals surface area (Å²) in [4.78, 5) is 30.1. The van der Waals surface area contributed by atoms with Crippen LogP contribution in [0.4, 0.5) is 17.1 Å². The number of carbonyl (C=O) groups excluding carboxylic acids is 2. The third-order valence-corrected chi connectivity index (χ3v) is 4.97. The maximum Gasteiger partial charge on any atom is 0.258 e. The number of hydrogen-bond donors (Lipinski definition) is 1. The third kappa shape index (κ3) is 2.70. The summed E-state index contributed by atoms with van der Waals surface area (Å²) in [6, 6.07) is 14.7. The Morgan fingerprint density at radius 1 is 1.08 bits per heavy atom. The number of para-hydroxylation sites is 3. The van der Waals surface area contributed by atoms with Gasteiger partial charge in [0.1, 0.15) is 0 Å². The van der Waals surface area contributed by atoms with Crippen LogP contribution in [0, 0.1) is 5.92 Å². The summed E-state index contributed by atoms with van der Waals surface area (Å²) in [5.41, 5.74) is 3.25. The summed E-state index contributed by atoms with van der Waals surface area (Å²) >= 11 is 0. The van der Waals surface area contributed by atoms with Gasteiger partial charge in [0, 0.05) is 18.7 Å². The van der Waals surface area contributed by atoms with Gasteiger partial charge in [-0.2, -0.15) is 0 Å². The van der Waals surface area contributed by atoms with E-state index in [2.05, 4.69) is 17.1 Å². The van der Waals surface area contributed by atoms with Crippen LogP contribution in [-0.4, -0.2) is 36.9 Å². The minimum absolute atomic E-state index is 0.0676. The molecule has 2 aromatic rings. The first kappa shape index (κ1) is 16.5. The zero-order valence-electron chi connectivity index (χ0n) is 14.9. The lowest BCUT2D eigenvalue weighted by atomic mass is 9.95. The lowest BCUT2D eigenvalue weighted by Crippen LogP contribution is -2.37. The first-order valence-corrected chi connectivity index (χ1v) is 8.78. The van der Waals surface area contributed by atoms with Crippen molar-refractivity contribution in [2.24, 2.45) is 5.92 Å². The second-order valence-electron chi connectivity index (χ2n) is 6.91. The average Bonchev–Trinajstić information content (AvgIpc) is 2.75. The molecule has 2 aliphatic rings. The molecule has 0 spiro atoms. The van der Waals surface area contributed by atoms with Crippen LogP contribution in [0.25, 0.3) is 0 Å². The van der Waals surface area contributed by atoms with Crippen molar-refractivity contribution < 1.29 is 9.59 Å². The van der Waals surface area contributed by atoms with Crippen molar-refractivity contribution in [2.75, 3.05) is 30.4 Å². The molecule has 1 atom stereocenters. The van der Waals surface area contributed by atoms with Crippen LogP contribution >= 0.6 is 0 Å². The fraction of sp³-hybridized carbons (Fsp3) is 0.238. The molecule has 1 unspecified atom stereocenters. The zero-order valence-corrected chi connectivity index (χ0v) is 14.9. The molecule has 4 rings (SSSR count). The summed E-state index contributed by atoms with van der Waals surface area (Å²) in [5.74, 6) is -0.136. The predicted molar refractivity (Wildman–Crippen MR) is 103 cm³/mol. The first-order valence-electron chi connectivity index (χ1n) is 8.78. The van der Waals surface area contributed by atoms with Gasteiger partial charge in [-0.15, -0.1) is 0 Å². The molecule has 2 aromatic carbocycles. The summed E-state index contributed by atoms with van der Waals surface area (Å²) < 4.78 is 0. The molecule has 1 N–H and O–H groups in total. The monoisotopic (exact) mass is 347 g/mol. The van der Waals surface area contributed by atoms with Crippen LogP contribution < -0.4 is 10.2 Å². The van der Waals surface area contributed by atoms with Crippen LogP contribution in [0.3, 0.4) is 0 Å². The Bertz CT molecular complexity index is 919. The van der Waals surface area contributed by atoms with Gasteiger partial charge < -0.3 is 10.2 Å². The fourth-order valence-corrected chi connectivity index (χ4v) is 3.70. The van der Waals surface area contributed by atoms with E-state index in [9.17, 15) is 9.59 Å². The van der Waals surface area contributed by atoms with E-state index in [4.69, 9.17) is 0 Å². The SMILES string of the molecule is CC1CN(C)CC=C1C(=O)N1c2ccccc2NC(=O)c2ccccc21. The van der Waals surface area contributed by atoms with Gasteiger partial charge in [0.15, 0.2) is 0 Å². The van der Waals surface area contributed by atoms with Crippen molar-refractivity contribution in [3.63, 3.8) is 0 Å². The number of nitrogens with zero attached hydrogens (tertiary/aromatic N) is 2. The highest BCUT2D eigenvalue weighted by atomic mass is 16.2. The number of nitrogens with one attached hydrogen (secondary N) is 1. The molecule has 0 fully saturated rings. The summed E-state index contributed by atoms with van der Waals surface area (Å²) in [6.45, 7) is 3.66. The van der Waals surface area contributed by atoms with Crippen molar-refractivity contribution in [2.45, 2.75) is 6.92 Å². The number of likely N-dealkylation sites (N-methyl/N-ethyl adjacent to an activating group) is 1. The Morgan fingerprint density at radius 2 is 1.77 bits per heavy atom. The summed E-state index contributed by atoms with van der Waals surface area (Å²) in [5, 5.41) is 2.92. The number of hydrogen-bond acceptors (Lipinski definition) is 3. The van der Waals surface area contributed by atoms with E-state index < -0.39 is 0 Å². The summed E-state index contributed by atoms with van der Waals surface area (Å²) in [7, 11) is 2.05. The second-order valence-corrected chi connectivity index (χ2v) is 6.91. The van der Waals surface area contributed by atoms with Crippen LogP contribution in [0.5, 0.6) is 0 Å². The van der Waals surface area contributed by atoms with Gasteiger partial charge in [-0.1, -0.05) is 37.3 Å². The molecule has 132 valence electrons. The van der Waals surface area contributed by atoms with E-state index in [1.165, 1.54) is 0 Å². The van der Waals surface area contributed by atoms with E-state index >= 15 is 0 Å². The van der Waals surface area contributed by atoms with Gasteiger partial charge >= 0.3 is 0 Å². The molecule has 5 nitrogen and oxygen atoms in total. The average molecular weight is 347 g/mol. The van der Waals surface area contributed by atoms with E-state index in [0.29, 0.717) is 22.6 Å². The number of benzene rings is 2. The molecule has 0 aliphatic carbocycles. The van der Waals surface area contributed by atoms with E-state index in [1.807, 2.05) is 55.6 Å². The maximum absolute atomic E-state index is 13.6. The molecule has 0 saturated carbocycles. The quantitative estimate of drug-likeness (QED) is 0.860. The molecule has 2 aliphatic heterocycles. The van der Waals surface area contributed by atoms with E-state index in [0.717, 1.165) is 18.7 Å². The second kappa shape index (κ2) is 6.42. The van der Waals surface area contributed by atoms with Crippen molar-refractivity contribution in [3.05, 3.63) is 65.7 Å². The van der Waals surface area contributed by atoms with Gasteiger partial charge in [-0.3, -0.25) is 14.5 Å². The lowest BCUT2D eigenvalue weighted by Gasteiger charge is -2.31. The highest BCUT2D eigenvalue weighted by molar-refractivity contribution is 6.20. The minimum atomic E-state index is -0.200. The Kier molecular flexibility index (Phi) is 4.09. The standard InChI is InChI=1S/C21H21N3O2/c1-14-13-23(2)12-11-15(14)21(26)24-18-9-5-3-7-16(18)20(25)22-17-8-4-6-10-19(17)24/h3-11,14H,12-13H2,1-2H3,(H,22,25). The van der Waals surface area contributed by atoms with Crippen LogP contribution in [0.1, 0.15) is 17.3 Å². The molecular weight excluding hydrogens is 326 g/mol. The van der Waals surface area contributed by atoms with Crippen LogP contribution in [0.15, 0.2) is 60.2 Å². The molecular formula is C21H21N3O2. The normalized spacial score (nSPS) is 19.8. The highest BCUT2D eigenvalue weighted by Crippen LogP contribution is 2.39. The van der Waals surface area contributed by atoms with Gasteiger partial charge in [-0.25, -0.2) is 0 Å². The Hall–Kier alpha value is -2.92. The number of amides is 2. The van der Waals surface area contributed by atoms with Crippen molar-refractivity contribution >= 4 is 28.9 Å². The van der Waals surface area contributed by atoms with Gasteiger partial charge in [0.25, 0.3) is 11.8 Å². The van der Waals surface area contributed by atoms with Crippen LogP contribution in [-0.2, 0) is 4.79 Å². The maximum atomic E-state index is 13.6. The molecule has 0 bridgehead atoms. The minimum Gasteiger partial charge on any atom is -0.320 e. The molecule has 26 heavy (non-hydrogen) atoms. The Labute approximate surface area is 152 Å². The van der Waals surface area contributed by atoms with Crippen LogP contribution in [0.2, 0.25) is 0 Å². The van der Waals surface area contributed by atoms with E-state index in [-0.39, 0.29) is 17.7 Å². The topological polar surface area (TPSA) is 52.7 Å².